The minimum atomic E-state index is -0.925. The van der Waals surface area contributed by atoms with E-state index in [2.05, 4.69) is 12.2 Å². The summed E-state index contributed by atoms with van der Waals surface area (Å²) in [6.45, 7) is 3.76. The van der Waals surface area contributed by atoms with E-state index < -0.39 is 12.1 Å². The Labute approximate surface area is 260 Å². The predicted octanol–water partition coefficient (Wildman–Crippen LogP) is 6.59. The number of pyridine rings is 1. The first kappa shape index (κ1) is 27.6. The first-order valence-corrected chi connectivity index (χ1v) is 15.7. The zero-order valence-electron chi connectivity index (χ0n) is 25.1. The summed E-state index contributed by atoms with van der Waals surface area (Å²) in [5.41, 5.74) is 4.21. The standard InChI is InChI=1S/C38H32N2O5/c1-3-32(35(41)22-7-5-4-6-8-22)45-38(44)29-19-31(39-30-16-9-20(2)17-28(29)30)21-10-12-23(13-11-21)40-36(42)33-24-14-15-25(27-18-26(24)27)34(33)37(40)43/h4-17,19,24-27,32-34H,3,18H2,1-2H3. The van der Waals surface area contributed by atoms with Gasteiger partial charge in [-0.05, 0) is 73.8 Å². The number of benzene rings is 3. The Balaban J connectivity index is 1.10. The maximum absolute atomic E-state index is 13.7. The molecule has 3 fully saturated rings. The number of Topliss-reactive ketones (excluding diaryl/α,β-unsaturated/α-hetero) is 1. The third-order valence-electron chi connectivity index (χ3n) is 10.2. The van der Waals surface area contributed by atoms with Gasteiger partial charge in [0.1, 0.15) is 0 Å². The number of fused-ring (bicyclic) bond motifs is 1. The van der Waals surface area contributed by atoms with E-state index in [0.717, 1.165) is 17.5 Å². The fraction of sp³-hybridized carbons (Fsp3) is 0.289. The summed E-state index contributed by atoms with van der Waals surface area (Å²) in [7, 11) is 0. The van der Waals surface area contributed by atoms with Crippen molar-refractivity contribution < 1.29 is 23.9 Å². The molecule has 0 radical (unpaired) electrons. The largest absolute Gasteiger partial charge is 0.450 e. The molecule has 4 aliphatic carbocycles. The topological polar surface area (TPSA) is 93.6 Å². The Morgan fingerprint density at radius 1 is 0.889 bits per heavy atom. The number of ketones is 1. The van der Waals surface area contributed by atoms with Crippen LogP contribution in [0.4, 0.5) is 5.69 Å². The maximum Gasteiger partial charge on any atom is 0.339 e. The number of amides is 2. The summed E-state index contributed by atoms with van der Waals surface area (Å²) in [6.07, 6.45) is 4.89. The summed E-state index contributed by atoms with van der Waals surface area (Å²) < 4.78 is 5.83. The molecule has 7 atom stereocenters. The van der Waals surface area contributed by atoms with Gasteiger partial charge in [0.05, 0.1) is 34.3 Å². The fourth-order valence-electron chi connectivity index (χ4n) is 7.95. The Morgan fingerprint density at radius 3 is 2.20 bits per heavy atom. The normalized spacial score (nSPS) is 26.5. The zero-order chi connectivity index (χ0) is 31.0. The molecule has 2 saturated carbocycles. The van der Waals surface area contributed by atoms with Gasteiger partial charge in [0.15, 0.2) is 6.10 Å². The van der Waals surface area contributed by atoms with Crippen LogP contribution in [0.5, 0.6) is 0 Å². The molecule has 2 amide bonds. The van der Waals surface area contributed by atoms with Crippen LogP contribution in [0.25, 0.3) is 22.2 Å². The molecular weight excluding hydrogens is 564 g/mol. The molecule has 224 valence electrons. The van der Waals surface area contributed by atoms with E-state index in [9.17, 15) is 19.2 Å². The number of aryl methyl sites for hydroxylation is 1. The number of nitrogens with zero attached hydrogens (tertiary/aromatic N) is 2. The first-order valence-electron chi connectivity index (χ1n) is 15.7. The zero-order valence-corrected chi connectivity index (χ0v) is 25.1. The number of aromatic nitrogens is 1. The molecule has 9 rings (SSSR count). The average molecular weight is 597 g/mol. The molecule has 4 aromatic rings. The number of esters is 1. The van der Waals surface area contributed by atoms with E-state index in [1.54, 1.807) is 42.5 Å². The maximum atomic E-state index is 13.7. The lowest BCUT2D eigenvalue weighted by atomic mass is 9.63. The van der Waals surface area contributed by atoms with Crippen molar-refractivity contribution in [3.63, 3.8) is 0 Å². The van der Waals surface area contributed by atoms with Crippen molar-refractivity contribution in [3.8, 4) is 11.3 Å². The molecule has 7 unspecified atom stereocenters. The number of anilines is 1. The SMILES string of the molecule is CCC(OC(=O)c1cc(-c2ccc(N3C(=O)C4C5C=CC(C6CC56)C4C3=O)cc2)nc2ccc(C)cc12)C(=O)c1ccccc1. The minimum Gasteiger partial charge on any atom is -0.450 e. The van der Waals surface area contributed by atoms with Gasteiger partial charge in [-0.15, -0.1) is 0 Å². The number of carbonyl (C=O) groups excluding carboxylic acids is 4. The van der Waals surface area contributed by atoms with Crippen LogP contribution in [0.2, 0.25) is 0 Å². The quantitative estimate of drug-likeness (QED) is 0.103. The van der Waals surface area contributed by atoms with Gasteiger partial charge in [0.2, 0.25) is 17.6 Å². The molecule has 2 bridgehead atoms. The van der Waals surface area contributed by atoms with E-state index in [1.807, 2.05) is 50.2 Å². The van der Waals surface area contributed by atoms with Crippen molar-refractivity contribution in [1.82, 2.24) is 4.98 Å². The highest BCUT2D eigenvalue weighted by Gasteiger charge is 2.67. The van der Waals surface area contributed by atoms with Crippen LogP contribution < -0.4 is 4.90 Å². The monoisotopic (exact) mass is 596 g/mol. The van der Waals surface area contributed by atoms with Gasteiger partial charge < -0.3 is 4.74 Å². The van der Waals surface area contributed by atoms with E-state index >= 15 is 0 Å². The van der Waals surface area contributed by atoms with Crippen molar-refractivity contribution in [2.75, 3.05) is 4.90 Å². The number of allylic oxidation sites excluding steroid dienone is 2. The number of ether oxygens (including phenoxy) is 1. The predicted molar refractivity (Wildman–Crippen MR) is 169 cm³/mol. The van der Waals surface area contributed by atoms with E-state index in [1.165, 1.54) is 4.90 Å². The third kappa shape index (κ3) is 4.36. The highest BCUT2D eigenvalue weighted by Crippen LogP contribution is 2.65. The second-order valence-electron chi connectivity index (χ2n) is 12.8. The molecule has 3 aromatic carbocycles. The van der Waals surface area contributed by atoms with Crippen molar-refractivity contribution in [2.45, 2.75) is 32.8 Å². The molecule has 5 aliphatic rings. The molecule has 7 heteroatoms. The lowest BCUT2D eigenvalue weighted by Gasteiger charge is -2.37. The average Bonchev–Trinajstić information content (AvgIpc) is 3.85. The molecule has 0 spiro atoms. The first-order chi connectivity index (χ1) is 21.8. The Hall–Kier alpha value is -4.91. The molecule has 0 N–H and O–H groups in total. The molecule has 2 heterocycles. The fourth-order valence-corrected chi connectivity index (χ4v) is 7.95. The second-order valence-corrected chi connectivity index (χ2v) is 12.8. The van der Waals surface area contributed by atoms with Gasteiger partial charge in [-0.1, -0.05) is 73.2 Å². The summed E-state index contributed by atoms with van der Waals surface area (Å²) in [4.78, 5) is 60.2. The van der Waals surface area contributed by atoms with Gasteiger partial charge in [-0.3, -0.25) is 19.3 Å². The number of hydrogen-bond donors (Lipinski definition) is 0. The Bertz CT molecular complexity index is 1900. The molecule has 45 heavy (non-hydrogen) atoms. The molecule has 1 aliphatic heterocycles. The Kier molecular flexibility index (Phi) is 6.34. The van der Waals surface area contributed by atoms with Crippen LogP contribution in [0.15, 0.2) is 91.0 Å². The molecule has 1 aromatic heterocycles. The summed E-state index contributed by atoms with van der Waals surface area (Å²) >= 11 is 0. The number of carbonyl (C=O) groups is 4. The van der Waals surface area contributed by atoms with Crippen molar-refractivity contribution >= 4 is 40.2 Å². The highest BCUT2D eigenvalue weighted by molar-refractivity contribution is 6.22. The van der Waals surface area contributed by atoms with Crippen LogP contribution in [0.1, 0.15) is 46.0 Å². The van der Waals surface area contributed by atoms with E-state index in [-0.39, 0.29) is 41.3 Å². The van der Waals surface area contributed by atoms with Crippen LogP contribution in [-0.2, 0) is 14.3 Å². The highest BCUT2D eigenvalue weighted by atomic mass is 16.5. The smallest absolute Gasteiger partial charge is 0.339 e. The van der Waals surface area contributed by atoms with Crippen LogP contribution >= 0.6 is 0 Å². The number of hydrogen-bond acceptors (Lipinski definition) is 6. The van der Waals surface area contributed by atoms with E-state index in [4.69, 9.17) is 9.72 Å². The Morgan fingerprint density at radius 2 is 1.56 bits per heavy atom. The number of imide groups is 1. The van der Waals surface area contributed by atoms with Crippen molar-refractivity contribution in [3.05, 3.63) is 108 Å². The van der Waals surface area contributed by atoms with Gasteiger partial charge >= 0.3 is 5.97 Å². The lowest BCUT2D eigenvalue weighted by molar-refractivity contribution is -0.124. The molecule has 7 nitrogen and oxygen atoms in total. The summed E-state index contributed by atoms with van der Waals surface area (Å²) in [5.74, 6) is -0.103. The third-order valence-corrected chi connectivity index (χ3v) is 10.2. The minimum absolute atomic E-state index is 0.0952. The van der Waals surface area contributed by atoms with Crippen molar-refractivity contribution in [1.29, 1.82) is 0 Å². The van der Waals surface area contributed by atoms with Crippen LogP contribution in [0, 0.1) is 42.4 Å². The summed E-state index contributed by atoms with van der Waals surface area (Å²) in [5, 5.41) is 0.638. The van der Waals surface area contributed by atoms with Crippen molar-refractivity contribution in [2.24, 2.45) is 35.5 Å². The lowest BCUT2D eigenvalue weighted by Crippen LogP contribution is -2.40. The van der Waals surface area contributed by atoms with Gasteiger partial charge in [0, 0.05) is 16.5 Å². The summed E-state index contributed by atoms with van der Waals surface area (Å²) in [6, 6.07) is 23.4. The van der Waals surface area contributed by atoms with E-state index in [0.29, 0.717) is 51.7 Å². The second kappa shape index (κ2) is 10.3. The van der Waals surface area contributed by atoms with Gasteiger partial charge in [-0.25, -0.2) is 9.78 Å². The van der Waals surface area contributed by atoms with Gasteiger partial charge in [0.25, 0.3) is 0 Å². The van der Waals surface area contributed by atoms with Crippen LogP contribution in [0.3, 0.4) is 0 Å². The molecule has 1 saturated heterocycles. The number of rotatable bonds is 7. The molecular formula is C38H32N2O5. The van der Waals surface area contributed by atoms with Gasteiger partial charge in [-0.2, -0.15) is 0 Å². The van der Waals surface area contributed by atoms with Crippen LogP contribution in [-0.4, -0.2) is 34.7 Å².